The van der Waals surface area contributed by atoms with Crippen molar-refractivity contribution in [1.29, 1.82) is 0 Å². The Bertz CT molecular complexity index is 788. The van der Waals surface area contributed by atoms with Gasteiger partial charge in [0.25, 0.3) is 10.0 Å². The number of anilines is 1. The number of aromatic carboxylic acids is 1. The lowest BCUT2D eigenvalue weighted by Crippen LogP contribution is -2.15. The normalized spacial score (nSPS) is 11.1. The Labute approximate surface area is 130 Å². The maximum absolute atomic E-state index is 12.3. The lowest BCUT2D eigenvalue weighted by molar-refractivity contribution is 0.0696. The molecule has 0 bridgehead atoms. The summed E-state index contributed by atoms with van der Waals surface area (Å²) in [6.45, 7) is 1.68. The highest BCUT2D eigenvalue weighted by Gasteiger charge is 2.18. The van der Waals surface area contributed by atoms with E-state index in [0.29, 0.717) is 10.0 Å². The molecule has 0 aliphatic heterocycles. The first kappa shape index (κ1) is 15.5. The van der Waals surface area contributed by atoms with Gasteiger partial charge in [-0.05, 0) is 36.8 Å². The number of carbonyl (C=O) groups is 1. The SMILES string of the molecule is Cc1ccc(Br)cc1S(=O)(=O)Nc1ccc(C(=O)O)cn1. The number of carboxylic acids is 1. The first-order chi connectivity index (χ1) is 9.79. The van der Waals surface area contributed by atoms with E-state index in [9.17, 15) is 13.2 Å². The van der Waals surface area contributed by atoms with Gasteiger partial charge in [-0.1, -0.05) is 22.0 Å². The zero-order valence-electron chi connectivity index (χ0n) is 10.9. The zero-order valence-corrected chi connectivity index (χ0v) is 13.3. The van der Waals surface area contributed by atoms with Gasteiger partial charge in [-0.25, -0.2) is 18.2 Å². The molecular formula is C13H11BrN2O4S. The first-order valence-corrected chi connectivity index (χ1v) is 8.05. The van der Waals surface area contributed by atoms with Gasteiger partial charge in [-0.3, -0.25) is 4.72 Å². The number of carboxylic acid groups (broad SMARTS) is 1. The molecule has 8 heteroatoms. The minimum absolute atomic E-state index is 0.0171. The van der Waals surface area contributed by atoms with Gasteiger partial charge in [-0.2, -0.15) is 0 Å². The molecule has 0 spiro atoms. The van der Waals surface area contributed by atoms with Gasteiger partial charge in [0.15, 0.2) is 0 Å². The molecule has 2 N–H and O–H groups in total. The zero-order chi connectivity index (χ0) is 15.6. The second-order valence-electron chi connectivity index (χ2n) is 4.25. The van der Waals surface area contributed by atoms with E-state index >= 15 is 0 Å². The van der Waals surface area contributed by atoms with Crippen LogP contribution in [0, 0.1) is 6.92 Å². The van der Waals surface area contributed by atoms with Gasteiger partial charge >= 0.3 is 5.97 Å². The van der Waals surface area contributed by atoms with Crippen LogP contribution in [0.5, 0.6) is 0 Å². The van der Waals surface area contributed by atoms with Crippen molar-refractivity contribution in [2.45, 2.75) is 11.8 Å². The molecule has 0 fully saturated rings. The fourth-order valence-corrected chi connectivity index (χ4v) is 3.43. The molecule has 1 aromatic carbocycles. The van der Waals surface area contributed by atoms with Crippen LogP contribution in [-0.4, -0.2) is 24.5 Å². The summed E-state index contributed by atoms with van der Waals surface area (Å²) in [6, 6.07) is 7.49. The molecular weight excluding hydrogens is 360 g/mol. The molecule has 0 saturated heterocycles. The van der Waals surface area contributed by atoms with Crippen molar-refractivity contribution in [2.75, 3.05) is 4.72 Å². The number of benzene rings is 1. The quantitative estimate of drug-likeness (QED) is 0.862. The van der Waals surface area contributed by atoms with E-state index in [4.69, 9.17) is 5.11 Å². The van der Waals surface area contributed by atoms with Gasteiger partial charge in [0, 0.05) is 10.7 Å². The van der Waals surface area contributed by atoms with Gasteiger partial charge in [0.05, 0.1) is 10.5 Å². The molecule has 2 rings (SSSR count). The second-order valence-corrected chi connectivity index (χ2v) is 6.82. The van der Waals surface area contributed by atoms with Crippen LogP contribution in [0.4, 0.5) is 5.82 Å². The van der Waals surface area contributed by atoms with Crippen molar-refractivity contribution in [3.63, 3.8) is 0 Å². The number of hydrogen-bond donors (Lipinski definition) is 2. The first-order valence-electron chi connectivity index (χ1n) is 5.78. The molecule has 21 heavy (non-hydrogen) atoms. The standard InChI is InChI=1S/C13H11BrN2O4S/c1-8-2-4-10(14)6-11(8)21(19,20)16-12-5-3-9(7-15-12)13(17)18/h2-7H,1H3,(H,15,16)(H,17,18). The van der Waals surface area contributed by atoms with Crippen molar-refractivity contribution in [1.82, 2.24) is 4.98 Å². The molecule has 0 aliphatic carbocycles. The van der Waals surface area contributed by atoms with Gasteiger partial charge in [0.2, 0.25) is 0 Å². The summed E-state index contributed by atoms with van der Waals surface area (Å²) in [5.41, 5.74) is 0.574. The minimum atomic E-state index is -3.79. The molecule has 6 nitrogen and oxygen atoms in total. The number of halogens is 1. The minimum Gasteiger partial charge on any atom is -0.478 e. The average Bonchev–Trinajstić information content (AvgIpc) is 2.41. The number of sulfonamides is 1. The Morgan fingerprint density at radius 1 is 1.29 bits per heavy atom. The summed E-state index contributed by atoms with van der Waals surface area (Å²) in [5, 5.41) is 8.77. The maximum Gasteiger partial charge on any atom is 0.337 e. The summed E-state index contributed by atoms with van der Waals surface area (Å²) in [7, 11) is -3.79. The van der Waals surface area contributed by atoms with Crippen LogP contribution < -0.4 is 4.72 Å². The average molecular weight is 371 g/mol. The van der Waals surface area contributed by atoms with Crippen LogP contribution >= 0.6 is 15.9 Å². The molecule has 1 aromatic heterocycles. The summed E-state index contributed by atoms with van der Waals surface area (Å²) in [5.74, 6) is -1.07. The molecule has 0 aliphatic rings. The number of nitrogens with zero attached hydrogens (tertiary/aromatic N) is 1. The predicted octanol–water partition coefficient (Wildman–Crippen LogP) is 2.65. The van der Waals surface area contributed by atoms with Gasteiger partial charge < -0.3 is 5.11 Å². The topological polar surface area (TPSA) is 96.4 Å². The molecule has 0 saturated carbocycles. The van der Waals surface area contributed by atoms with E-state index in [0.717, 1.165) is 6.20 Å². The van der Waals surface area contributed by atoms with E-state index in [1.165, 1.54) is 18.2 Å². The van der Waals surface area contributed by atoms with E-state index in [1.54, 1.807) is 19.1 Å². The smallest absolute Gasteiger partial charge is 0.337 e. The highest BCUT2D eigenvalue weighted by Crippen LogP contribution is 2.22. The molecule has 0 radical (unpaired) electrons. The van der Waals surface area contributed by atoms with Gasteiger partial charge in [-0.15, -0.1) is 0 Å². The Morgan fingerprint density at radius 2 is 2.00 bits per heavy atom. The van der Waals surface area contributed by atoms with Crippen LogP contribution in [0.2, 0.25) is 0 Å². The number of pyridine rings is 1. The van der Waals surface area contributed by atoms with Gasteiger partial charge in [0.1, 0.15) is 5.82 Å². The number of aryl methyl sites for hydroxylation is 1. The number of aromatic nitrogens is 1. The van der Waals surface area contributed by atoms with Crippen molar-refractivity contribution in [2.24, 2.45) is 0 Å². The van der Waals surface area contributed by atoms with Crippen LogP contribution in [-0.2, 0) is 10.0 Å². The monoisotopic (exact) mass is 370 g/mol. The molecule has 1 heterocycles. The number of hydrogen-bond acceptors (Lipinski definition) is 4. The third kappa shape index (κ3) is 3.59. The van der Waals surface area contributed by atoms with Crippen LogP contribution in [0.3, 0.4) is 0 Å². The second kappa shape index (κ2) is 5.82. The number of nitrogens with one attached hydrogen (secondary N) is 1. The van der Waals surface area contributed by atoms with Crippen LogP contribution in [0.15, 0.2) is 45.9 Å². The van der Waals surface area contributed by atoms with E-state index < -0.39 is 16.0 Å². The fraction of sp³-hybridized carbons (Fsp3) is 0.0769. The third-order valence-electron chi connectivity index (χ3n) is 2.69. The Hall–Kier alpha value is -1.93. The molecule has 0 amide bonds. The molecule has 0 unspecified atom stereocenters. The van der Waals surface area contributed by atoms with Crippen molar-refractivity contribution in [3.05, 3.63) is 52.1 Å². The van der Waals surface area contributed by atoms with Crippen molar-refractivity contribution >= 4 is 37.7 Å². The summed E-state index contributed by atoms with van der Waals surface area (Å²) < 4.78 is 27.6. The van der Waals surface area contributed by atoms with E-state index in [1.807, 2.05) is 0 Å². The van der Waals surface area contributed by atoms with E-state index in [2.05, 4.69) is 25.6 Å². The Morgan fingerprint density at radius 3 is 2.57 bits per heavy atom. The van der Waals surface area contributed by atoms with Crippen LogP contribution in [0.25, 0.3) is 0 Å². The van der Waals surface area contributed by atoms with Crippen molar-refractivity contribution < 1.29 is 18.3 Å². The maximum atomic E-state index is 12.3. The number of rotatable bonds is 4. The lowest BCUT2D eigenvalue weighted by Gasteiger charge is -2.10. The predicted molar refractivity (Wildman–Crippen MR) is 80.9 cm³/mol. The third-order valence-corrected chi connectivity index (χ3v) is 4.68. The fourth-order valence-electron chi connectivity index (χ4n) is 1.64. The highest BCUT2D eigenvalue weighted by molar-refractivity contribution is 9.10. The van der Waals surface area contributed by atoms with Crippen LogP contribution in [0.1, 0.15) is 15.9 Å². The summed E-state index contributed by atoms with van der Waals surface area (Å²) in [4.78, 5) is 14.6. The Kier molecular flexibility index (Phi) is 4.29. The lowest BCUT2D eigenvalue weighted by atomic mass is 10.2. The largest absolute Gasteiger partial charge is 0.478 e. The summed E-state index contributed by atoms with van der Waals surface area (Å²) in [6.07, 6.45) is 1.09. The highest BCUT2D eigenvalue weighted by atomic mass is 79.9. The molecule has 0 atom stereocenters. The molecule has 2 aromatic rings. The van der Waals surface area contributed by atoms with Crippen molar-refractivity contribution in [3.8, 4) is 0 Å². The summed E-state index contributed by atoms with van der Waals surface area (Å²) >= 11 is 3.23. The molecule has 110 valence electrons. The van der Waals surface area contributed by atoms with E-state index in [-0.39, 0.29) is 16.3 Å². The Balaban J connectivity index is 2.33.